The fourth-order valence-corrected chi connectivity index (χ4v) is 2.04. The number of nitrogens with two attached hydrogens (primary N) is 1. The highest BCUT2D eigenvalue weighted by Gasteiger charge is 2.18. The van der Waals surface area contributed by atoms with Crippen molar-refractivity contribution in [3.8, 4) is 6.01 Å². The summed E-state index contributed by atoms with van der Waals surface area (Å²) in [7, 11) is 3.61. The number of nitrogens with one attached hydrogen (secondary N) is 2. The number of methoxy groups -OCH3 is 1. The van der Waals surface area contributed by atoms with Crippen molar-refractivity contribution in [2.75, 3.05) is 38.0 Å². The van der Waals surface area contributed by atoms with E-state index in [9.17, 15) is 0 Å². The first-order valence-electron chi connectivity index (χ1n) is 5.93. The zero-order chi connectivity index (χ0) is 13.0. The molecule has 0 spiro atoms. The van der Waals surface area contributed by atoms with Gasteiger partial charge in [0, 0.05) is 12.6 Å². The van der Waals surface area contributed by atoms with Gasteiger partial charge in [0.25, 0.3) is 0 Å². The molecule has 1 saturated heterocycles. The molecule has 0 bridgehead atoms. The monoisotopic (exact) mass is 253 g/mol. The Kier molecular flexibility index (Phi) is 4.11. The highest BCUT2D eigenvalue weighted by molar-refractivity contribution is 5.35. The van der Waals surface area contributed by atoms with Gasteiger partial charge in [0.15, 0.2) is 0 Å². The van der Waals surface area contributed by atoms with E-state index in [-0.39, 0.29) is 12.0 Å². The lowest BCUT2D eigenvalue weighted by Gasteiger charge is -2.30. The largest absolute Gasteiger partial charge is 0.467 e. The summed E-state index contributed by atoms with van der Waals surface area (Å²) in [4.78, 5) is 14.5. The maximum atomic E-state index is 5.30. The van der Waals surface area contributed by atoms with Gasteiger partial charge in [-0.25, -0.2) is 5.84 Å². The molecule has 1 unspecified atom stereocenters. The van der Waals surface area contributed by atoms with Crippen LogP contribution < -0.4 is 21.3 Å². The number of nitrogens with zero attached hydrogens (tertiary/aromatic N) is 4. The third kappa shape index (κ3) is 3.17. The Bertz CT molecular complexity index is 378. The van der Waals surface area contributed by atoms with Crippen molar-refractivity contribution in [1.82, 2.24) is 19.9 Å². The molecule has 4 N–H and O–H groups in total. The molecule has 1 aliphatic rings. The van der Waals surface area contributed by atoms with Crippen LogP contribution in [0.15, 0.2) is 0 Å². The van der Waals surface area contributed by atoms with E-state index in [0.29, 0.717) is 12.0 Å². The molecule has 0 aromatic carbocycles. The lowest BCUT2D eigenvalue weighted by Crippen LogP contribution is -2.40. The van der Waals surface area contributed by atoms with Crippen LogP contribution >= 0.6 is 0 Å². The highest BCUT2D eigenvalue weighted by atomic mass is 16.5. The number of anilines is 2. The van der Waals surface area contributed by atoms with Crippen molar-refractivity contribution in [1.29, 1.82) is 0 Å². The molecule has 100 valence electrons. The smallest absolute Gasteiger partial charge is 0.322 e. The molecule has 8 nitrogen and oxygen atoms in total. The van der Waals surface area contributed by atoms with Crippen molar-refractivity contribution < 1.29 is 4.74 Å². The molecule has 8 heteroatoms. The fraction of sp³-hybridized carbons (Fsp3) is 0.700. The number of ether oxygens (including phenoxy) is 1. The van der Waals surface area contributed by atoms with Gasteiger partial charge in [0.1, 0.15) is 0 Å². The topological polar surface area (TPSA) is 101 Å². The van der Waals surface area contributed by atoms with Crippen molar-refractivity contribution in [2.24, 2.45) is 5.84 Å². The summed E-state index contributed by atoms with van der Waals surface area (Å²) >= 11 is 0. The number of hydrogen-bond donors (Lipinski definition) is 3. The molecule has 0 saturated carbocycles. The van der Waals surface area contributed by atoms with E-state index < -0.39 is 0 Å². The zero-order valence-corrected chi connectivity index (χ0v) is 10.7. The SMILES string of the molecule is COc1nc(NN)nc(NC2CCCN(C)C2)n1. The normalized spacial score (nSPS) is 20.5. The minimum atomic E-state index is 0.240. The lowest BCUT2D eigenvalue weighted by atomic mass is 10.1. The summed E-state index contributed by atoms with van der Waals surface area (Å²) in [6.07, 6.45) is 2.27. The van der Waals surface area contributed by atoms with E-state index in [4.69, 9.17) is 10.6 Å². The van der Waals surface area contributed by atoms with E-state index >= 15 is 0 Å². The van der Waals surface area contributed by atoms with Crippen LogP contribution in [-0.2, 0) is 0 Å². The molecule has 0 radical (unpaired) electrons. The Hall–Kier alpha value is -1.67. The summed E-state index contributed by atoms with van der Waals surface area (Å²) in [5.41, 5.74) is 2.40. The first kappa shape index (κ1) is 12.8. The molecule has 1 aromatic rings. The van der Waals surface area contributed by atoms with Crippen LogP contribution in [-0.4, -0.2) is 53.1 Å². The number of piperidine rings is 1. The molecule has 1 aliphatic heterocycles. The van der Waals surface area contributed by atoms with Crippen molar-refractivity contribution in [3.63, 3.8) is 0 Å². The van der Waals surface area contributed by atoms with Gasteiger partial charge in [-0.3, -0.25) is 5.43 Å². The summed E-state index contributed by atoms with van der Waals surface area (Å²) in [6.45, 7) is 2.10. The van der Waals surface area contributed by atoms with E-state index in [1.165, 1.54) is 13.5 Å². The van der Waals surface area contributed by atoms with Crippen LogP contribution in [0.5, 0.6) is 6.01 Å². The fourth-order valence-electron chi connectivity index (χ4n) is 2.04. The number of likely N-dealkylation sites (tertiary alicyclic amines) is 1. The van der Waals surface area contributed by atoms with Crippen LogP contribution in [0.1, 0.15) is 12.8 Å². The molecule has 0 amide bonds. The molecule has 2 heterocycles. The van der Waals surface area contributed by atoms with E-state index in [1.54, 1.807) is 0 Å². The number of hydrogen-bond acceptors (Lipinski definition) is 8. The van der Waals surface area contributed by atoms with E-state index in [2.05, 4.69) is 37.6 Å². The van der Waals surface area contributed by atoms with Gasteiger partial charge in [-0.1, -0.05) is 0 Å². The van der Waals surface area contributed by atoms with Gasteiger partial charge >= 0.3 is 6.01 Å². The minimum absolute atomic E-state index is 0.240. The quantitative estimate of drug-likeness (QED) is 0.495. The molecular formula is C10H19N7O. The van der Waals surface area contributed by atoms with Gasteiger partial charge in [0.05, 0.1) is 7.11 Å². The van der Waals surface area contributed by atoms with Crippen LogP contribution in [0, 0.1) is 0 Å². The van der Waals surface area contributed by atoms with E-state index in [1.807, 2.05) is 0 Å². The Morgan fingerprint density at radius 1 is 1.33 bits per heavy atom. The van der Waals surface area contributed by atoms with Crippen molar-refractivity contribution in [3.05, 3.63) is 0 Å². The summed E-state index contributed by atoms with van der Waals surface area (Å²) in [6, 6.07) is 0.575. The molecule has 1 fully saturated rings. The average molecular weight is 253 g/mol. The van der Waals surface area contributed by atoms with Crippen LogP contribution in [0.25, 0.3) is 0 Å². The Morgan fingerprint density at radius 2 is 2.11 bits per heavy atom. The van der Waals surface area contributed by atoms with Crippen LogP contribution in [0.4, 0.5) is 11.9 Å². The average Bonchev–Trinajstić information content (AvgIpc) is 2.38. The summed E-state index contributed by atoms with van der Waals surface area (Å²) < 4.78 is 5.00. The number of likely N-dealkylation sites (N-methyl/N-ethyl adjacent to an activating group) is 1. The maximum Gasteiger partial charge on any atom is 0.322 e. The standard InChI is InChI=1S/C10H19N7O/c1-17-5-3-4-7(6-17)12-8-13-9(16-11)15-10(14-8)18-2/h7H,3-6,11H2,1-2H3,(H2,12,13,14,15,16). The third-order valence-electron chi connectivity index (χ3n) is 2.88. The number of nitrogen functional groups attached to an aromatic ring is 1. The van der Waals surface area contributed by atoms with Gasteiger partial charge in [-0.2, -0.15) is 15.0 Å². The predicted octanol–water partition coefficient (Wildman–Crippen LogP) is -0.328. The van der Waals surface area contributed by atoms with Crippen molar-refractivity contribution >= 4 is 11.9 Å². The number of rotatable bonds is 4. The predicted molar refractivity (Wildman–Crippen MR) is 68.3 cm³/mol. The van der Waals surface area contributed by atoms with Crippen LogP contribution in [0.3, 0.4) is 0 Å². The number of hydrazine groups is 1. The second-order valence-electron chi connectivity index (χ2n) is 4.36. The van der Waals surface area contributed by atoms with Gasteiger partial charge in [-0.15, -0.1) is 0 Å². The van der Waals surface area contributed by atoms with Crippen LogP contribution in [0.2, 0.25) is 0 Å². The molecule has 18 heavy (non-hydrogen) atoms. The Labute approximate surface area is 106 Å². The number of aromatic nitrogens is 3. The second-order valence-corrected chi connectivity index (χ2v) is 4.36. The molecule has 1 aromatic heterocycles. The molecule has 1 atom stereocenters. The Morgan fingerprint density at radius 3 is 2.78 bits per heavy atom. The Balaban J connectivity index is 2.07. The minimum Gasteiger partial charge on any atom is -0.467 e. The first-order valence-corrected chi connectivity index (χ1v) is 5.93. The van der Waals surface area contributed by atoms with Crippen molar-refractivity contribution in [2.45, 2.75) is 18.9 Å². The summed E-state index contributed by atoms with van der Waals surface area (Å²) in [5, 5.41) is 3.28. The first-order chi connectivity index (χ1) is 8.71. The van der Waals surface area contributed by atoms with Gasteiger partial charge in [0.2, 0.25) is 11.9 Å². The van der Waals surface area contributed by atoms with Gasteiger partial charge < -0.3 is 15.0 Å². The molecule has 0 aliphatic carbocycles. The van der Waals surface area contributed by atoms with Gasteiger partial charge in [-0.05, 0) is 26.4 Å². The molecule has 2 rings (SSSR count). The molecular weight excluding hydrogens is 234 g/mol. The third-order valence-corrected chi connectivity index (χ3v) is 2.88. The summed E-state index contributed by atoms with van der Waals surface area (Å²) in [5.74, 6) is 6.07. The second kappa shape index (κ2) is 5.78. The zero-order valence-electron chi connectivity index (χ0n) is 10.7. The lowest BCUT2D eigenvalue weighted by molar-refractivity contribution is 0.260. The maximum absolute atomic E-state index is 5.30. The highest BCUT2D eigenvalue weighted by Crippen LogP contribution is 2.15. The van der Waals surface area contributed by atoms with E-state index in [0.717, 1.165) is 19.5 Å².